The fraction of sp³-hybridized carbons (Fsp3) is 0.227. The summed E-state index contributed by atoms with van der Waals surface area (Å²) in [6, 6.07) is 22.3. The number of aromatic carboxylic acids is 1. The molecule has 0 bridgehead atoms. The molecule has 3 heteroatoms. The molecule has 0 saturated carbocycles. The Balaban J connectivity index is 1.57. The number of rotatable bonds is 7. The maximum Gasteiger partial charge on any atom is 0.335 e. The average Bonchev–Trinajstić information content (AvgIpc) is 2.65. The fourth-order valence-electron chi connectivity index (χ4n) is 3.21. The minimum absolute atomic E-state index is 0.274. The lowest BCUT2D eigenvalue weighted by molar-refractivity contribution is 0.0696. The SMILES string of the molecule is CC(NCCCc1cccc(C(=O)O)c1)c1cccc2ccccc12. The van der Waals surface area contributed by atoms with Crippen LogP contribution in [-0.2, 0) is 6.42 Å². The van der Waals surface area contributed by atoms with Gasteiger partial charge in [0.05, 0.1) is 5.56 Å². The molecule has 0 saturated heterocycles. The molecule has 0 aliphatic heterocycles. The zero-order valence-corrected chi connectivity index (χ0v) is 14.4. The molecule has 3 aromatic carbocycles. The molecule has 0 fully saturated rings. The minimum Gasteiger partial charge on any atom is -0.478 e. The zero-order valence-electron chi connectivity index (χ0n) is 14.4. The standard InChI is InChI=1S/C22H23NO2/c1-16(20-13-5-10-18-9-2-3-12-21(18)20)23-14-6-8-17-7-4-11-19(15-17)22(24)25/h2-5,7,9-13,15-16,23H,6,8,14H2,1H3,(H,24,25). The predicted molar refractivity (Wildman–Crippen MR) is 102 cm³/mol. The Morgan fingerprint density at radius 3 is 2.64 bits per heavy atom. The second-order valence-electron chi connectivity index (χ2n) is 6.35. The molecular weight excluding hydrogens is 310 g/mol. The Bertz CT molecular complexity index is 867. The van der Waals surface area contributed by atoms with Gasteiger partial charge in [0.25, 0.3) is 0 Å². The first-order chi connectivity index (χ1) is 12.1. The van der Waals surface area contributed by atoms with Crippen LogP contribution < -0.4 is 5.32 Å². The molecule has 25 heavy (non-hydrogen) atoms. The van der Waals surface area contributed by atoms with Crippen LogP contribution in [-0.4, -0.2) is 17.6 Å². The van der Waals surface area contributed by atoms with Gasteiger partial charge in [0, 0.05) is 6.04 Å². The van der Waals surface area contributed by atoms with Crippen LogP contribution in [0.5, 0.6) is 0 Å². The van der Waals surface area contributed by atoms with E-state index >= 15 is 0 Å². The van der Waals surface area contributed by atoms with Crippen molar-refractivity contribution < 1.29 is 9.90 Å². The number of hydrogen-bond acceptors (Lipinski definition) is 2. The molecule has 1 unspecified atom stereocenters. The minimum atomic E-state index is -0.871. The molecule has 0 aliphatic rings. The van der Waals surface area contributed by atoms with E-state index in [0.29, 0.717) is 5.56 Å². The monoisotopic (exact) mass is 333 g/mol. The van der Waals surface area contributed by atoms with Gasteiger partial charge in [-0.1, -0.05) is 54.6 Å². The highest BCUT2D eigenvalue weighted by atomic mass is 16.4. The largest absolute Gasteiger partial charge is 0.478 e. The van der Waals surface area contributed by atoms with Crippen LogP contribution in [0.1, 0.15) is 40.9 Å². The summed E-state index contributed by atoms with van der Waals surface area (Å²) in [5.74, 6) is -0.871. The number of hydrogen-bond donors (Lipinski definition) is 2. The Labute approximate surface area is 148 Å². The van der Waals surface area contributed by atoms with E-state index in [2.05, 4.69) is 54.7 Å². The molecule has 1 atom stereocenters. The van der Waals surface area contributed by atoms with Gasteiger partial charge in [-0.2, -0.15) is 0 Å². The Kier molecular flexibility index (Phi) is 5.46. The van der Waals surface area contributed by atoms with Gasteiger partial charge in [-0.25, -0.2) is 4.79 Å². The first-order valence-corrected chi connectivity index (χ1v) is 8.68. The van der Waals surface area contributed by atoms with Crippen LogP contribution in [0.3, 0.4) is 0 Å². The number of nitrogens with one attached hydrogen (secondary N) is 1. The van der Waals surface area contributed by atoms with Gasteiger partial charge in [-0.05, 0) is 60.3 Å². The molecule has 0 aromatic heterocycles. The topological polar surface area (TPSA) is 49.3 Å². The maximum atomic E-state index is 11.0. The molecule has 0 spiro atoms. The van der Waals surface area contributed by atoms with E-state index in [-0.39, 0.29) is 6.04 Å². The number of aryl methyl sites for hydroxylation is 1. The van der Waals surface area contributed by atoms with Crippen LogP contribution >= 0.6 is 0 Å². The van der Waals surface area contributed by atoms with E-state index in [9.17, 15) is 4.79 Å². The second kappa shape index (κ2) is 7.95. The predicted octanol–water partition coefficient (Wildman–Crippen LogP) is 4.82. The van der Waals surface area contributed by atoms with Crippen molar-refractivity contribution in [1.82, 2.24) is 5.32 Å². The van der Waals surface area contributed by atoms with E-state index in [1.54, 1.807) is 12.1 Å². The molecule has 3 nitrogen and oxygen atoms in total. The Hall–Kier alpha value is -2.65. The number of carbonyl (C=O) groups is 1. The van der Waals surface area contributed by atoms with Crippen molar-refractivity contribution in [3.63, 3.8) is 0 Å². The van der Waals surface area contributed by atoms with E-state index in [4.69, 9.17) is 5.11 Å². The van der Waals surface area contributed by atoms with Crippen molar-refractivity contribution in [2.75, 3.05) is 6.54 Å². The van der Waals surface area contributed by atoms with Gasteiger partial charge in [-0.15, -0.1) is 0 Å². The molecule has 2 N–H and O–H groups in total. The number of carboxylic acid groups (broad SMARTS) is 1. The van der Waals surface area contributed by atoms with Crippen molar-refractivity contribution >= 4 is 16.7 Å². The summed E-state index contributed by atoms with van der Waals surface area (Å²) in [6.07, 6.45) is 1.84. The normalized spacial score (nSPS) is 12.2. The van der Waals surface area contributed by atoms with Crippen LogP contribution in [0.4, 0.5) is 0 Å². The van der Waals surface area contributed by atoms with E-state index < -0.39 is 5.97 Å². The zero-order chi connectivity index (χ0) is 17.6. The lowest BCUT2D eigenvalue weighted by Crippen LogP contribution is -2.20. The lowest BCUT2D eigenvalue weighted by atomic mass is 9.99. The summed E-state index contributed by atoms with van der Waals surface area (Å²) in [6.45, 7) is 3.08. The van der Waals surface area contributed by atoms with Crippen molar-refractivity contribution in [2.24, 2.45) is 0 Å². The highest BCUT2D eigenvalue weighted by Gasteiger charge is 2.08. The quantitative estimate of drug-likeness (QED) is 0.609. The van der Waals surface area contributed by atoms with Gasteiger partial charge in [-0.3, -0.25) is 0 Å². The number of fused-ring (bicyclic) bond motifs is 1. The van der Waals surface area contributed by atoms with Crippen LogP contribution in [0.2, 0.25) is 0 Å². The Morgan fingerprint density at radius 1 is 1.04 bits per heavy atom. The molecule has 0 heterocycles. The molecule has 0 amide bonds. The smallest absolute Gasteiger partial charge is 0.335 e. The van der Waals surface area contributed by atoms with E-state index in [1.807, 2.05) is 12.1 Å². The lowest BCUT2D eigenvalue weighted by Gasteiger charge is -2.16. The summed E-state index contributed by atoms with van der Waals surface area (Å²) in [7, 11) is 0. The average molecular weight is 333 g/mol. The number of carboxylic acids is 1. The maximum absolute atomic E-state index is 11.0. The summed E-state index contributed by atoms with van der Waals surface area (Å²) < 4.78 is 0. The third-order valence-corrected chi connectivity index (χ3v) is 4.56. The Morgan fingerprint density at radius 2 is 1.80 bits per heavy atom. The highest BCUT2D eigenvalue weighted by Crippen LogP contribution is 2.24. The molecule has 3 rings (SSSR count). The fourth-order valence-corrected chi connectivity index (χ4v) is 3.21. The van der Waals surface area contributed by atoms with Gasteiger partial charge in [0.15, 0.2) is 0 Å². The number of benzene rings is 3. The highest BCUT2D eigenvalue weighted by molar-refractivity contribution is 5.87. The van der Waals surface area contributed by atoms with Crippen molar-refractivity contribution in [2.45, 2.75) is 25.8 Å². The van der Waals surface area contributed by atoms with Crippen molar-refractivity contribution in [3.8, 4) is 0 Å². The molecule has 3 aromatic rings. The van der Waals surface area contributed by atoms with E-state index in [0.717, 1.165) is 24.9 Å². The molecular formula is C22H23NO2. The van der Waals surface area contributed by atoms with Gasteiger partial charge >= 0.3 is 5.97 Å². The van der Waals surface area contributed by atoms with Crippen LogP contribution in [0.25, 0.3) is 10.8 Å². The first kappa shape index (κ1) is 17.2. The van der Waals surface area contributed by atoms with Crippen LogP contribution in [0.15, 0.2) is 66.7 Å². The summed E-state index contributed by atoms with van der Waals surface area (Å²) >= 11 is 0. The summed E-state index contributed by atoms with van der Waals surface area (Å²) in [5, 5.41) is 15.2. The molecule has 128 valence electrons. The van der Waals surface area contributed by atoms with Crippen molar-refractivity contribution in [1.29, 1.82) is 0 Å². The third-order valence-electron chi connectivity index (χ3n) is 4.56. The third kappa shape index (κ3) is 4.25. The van der Waals surface area contributed by atoms with Gasteiger partial charge in [0.1, 0.15) is 0 Å². The second-order valence-corrected chi connectivity index (χ2v) is 6.35. The molecule has 0 aliphatic carbocycles. The van der Waals surface area contributed by atoms with Gasteiger partial charge in [0.2, 0.25) is 0 Å². The van der Waals surface area contributed by atoms with Crippen LogP contribution in [0, 0.1) is 0 Å². The first-order valence-electron chi connectivity index (χ1n) is 8.68. The summed E-state index contributed by atoms with van der Waals surface area (Å²) in [4.78, 5) is 11.0. The van der Waals surface area contributed by atoms with E-state index in [1.165, 1.54) is 16.3 Å². The van der Waals surface area contributed by atoms with Crippen molar-refractivity contribution in [3.05, 3.63) is 83.4 Å². The van der Waals surface area contributed by atoms with Gasteiger partial charge < -0.3 is 10.4 Å². The summed E-state index contributed by atoms with van der Waals surface area (Å²) in [5.41, 5.74) is 2.74. The molecule has 0 radical (unpaired) electrons.